The fraction of sp³-hybridized carbons (Fsp3) is 0.263. The fourth-order valence-corrected chi connectivity index (χ4v) is 2.55. The van der Waals surface area contributed by atoms with E-state index in [1.54, 1.807) is 18.2 Å². The van der Waals surface area contributed by atoms with Crippen molar-refractivity contribution < 1.29 is 18.7 Å². The van der Waals surface area contributed by atoms with Gasteiger partial charge in [-0.2, -0.15) is 5.10 Å². The number of hydrogen-bond acceptors (Lipinski definition) is 6. The molecule has 7 heteroatoms. The highest BCUT2D eigenvalue weighted by molar-refractivity contribution is 6.21. The zero-order valence-corrected chi connectivity index (χ0v) is 14.6. The Bertz CT molecular complexity index is 805. The van der Waals surface area contributed by atoms with Crippen molar-refractivity contribution in [3.8, 4) is 0 Å². The molecule has 7 nitrogen and oxygen atoms in total. The van der Waals surface area contributed by atoms with E-state index in [9.17, 15) is 4.79 Å². The summed E-state index contributed by atoms with van der Waals surface area (Å²) in [6.07, 6.45) is 1.63. The molecule has 1 aliphatic rings. The second-order valence-electron chi connectivity index (χ2n) is 5.67. The molecule has 1 aromatic heterocycles. The molecule has 0 amide bonds. The molecule has 0 aliphatic carbocycles. The number of rotatable bonds is 5. The molecular formula is C19H21N3O4. The lowest BCUT2D eigenvalue weighted by Gasteiger charge is -2.23. The smallest absolute Gasteiger partial charge is 0.338 e. The van der Waals surface area contributed by atoms with Crippen LogP contribution in [0.15, 0.2) is 52.0 Å². The maximum absolute atomic E-state index is 12.1. The molecule has 1 saturated heterocycles. The molecule has 2 heterocycles. The van der Waals surface area contributed by atoms with Gasteiger partial charge < -0.3 is 19.6 Å². The molecule has 26 heavy (non-hydrogen) atoms. The highest BCUT2D eigenvalue weighted by Gasteiger charge is 2.15. The SMILES string of the molecule is COC(=O)/C(=C/c1ccc(/C(N)=N\N2CCOCC2)o1)c1ccccc1. The average Bonchev–Trinajstić information content (AvgIpc) is 3.16. The van der Waals surface area contributed by atoms with Gasteiger partial charge in [-0.15, -0.1) is 0 Å². The molecule has 1 aromatic carbocycles. The van der Waals surface area contributed by atoms with Crippen molar-refractivity contribution in [1.29, 1.82) is 0 Å². The lowest BCUT2D eigenvalue weighted by molar-refractivity contribution is -0.133. The van der Waals surface area contributed by atoms with E-state index in [0.29, 0.717) is 43.4 Å². The van der Waals surface area contributed by atoms with Crippen molar-refractivity contribution in [3.05, 3.63) is 59.5 Å². The molecule has 0 bridgehead atoms. The van der Waals surface area contributed by atoms with Crippen molar-refractivity contribution >= 4 is 23.5 Å². The number of nitrogens with two attached hydrogens (primary N) is 1. The molecular weight excluding hydrogens is 334 g/mol. The number of esters is 1. The number of methoxy groups -OCH3 is 1. The van der Waals surface area contributed by atoms with Gasteiger partial charge in [0.15, 0.2) is 11.6 Å². The maximum Gasteiger partial charge on any atom is 0.338 e. The van der Waals surface area contributed by atoms with Crippen LogP contribution in [0.1, 0.15) is 17.1 Å². The molecule has 0 unspecified atom stereocenters. The summed E-state index contributed by atoms with van der Waals surface area (Å²) in [4.78, 5) is 12.1. The van der Waals surface area contributed by atoms with Crippen molar-refractivity contribution in [2.75, 3.05) is 33.4 Å². The molecule has 3 rings (SSSR count). The minimum absolute atomic E-state index is 0.283. The second kappa shape index (κ2) is 8.35. The summed E-state index contributed by atoms with van der Waals surface area (Å²) in [5.41, 5.74) is 7.17. The third-order valence-electron chi connectivity index (χ3n) is 3.89. The summed E-state index contributed by atoms with van der Waals surface area (Å²) in [5.74, 6) is 0.777. The predicted molar refractivity (Wildman–Crippen MR) is 98.2 cm³/mol. The van der Waals surface area contributed by atoms with Gasteiger partial charge >= 0.3 is 5.97 Å². The Kier molecular flexibility index (Phi) is 5.70. The second-order valence-corrected chi connectivity index (χ2v) is 5.67. The summed E-state index contributed by atoms with van der Waals surface area (Å²) < 4.78 is 15.9. The minimum Gasteiger partial charge on any atom is -0.465 e. The largest absolute Gasteiger partial charge is 0.465 e. The van der Waals surface area contributed by atoms with E-state index in [1.807, 2.05) is 35.3 Å². The molecule has 1 fully saturated rings. The van der Waals surface area contributed by atoms with Gasteiger partial charge in [0.05, 0.1) is 39.0 Å². The Morgan fingerprint density at radius 3 is 2.62 bits per heavy atom. The van der Waals surface area contributed by atoms with E-state index in [0.717, 1.165) is 5.56 Å². The Hall–Kier alpha value is -3.06. The van der Waals surface area contributed by atoms with Crippen LogP contribution in [0.4, 0.5) is 0 Å². The molecule has 2 N–H and O–H groups in total. The first-order valence-corrected chi connectivity index (χ1v) is 8.30. The number of benzene rings is 1. The zero-order chi connectivity index (χ0) is 18.4. The van der Waals surface area contributed by atoms with Gasteiger partial charge in [-0.1, -0.05) is 30.3 Å². The summed E-state index contributed by atoms with van der Waals surface area (Å²) in [7, 11) is 1.35. The van der Waals surface area contributed by atoms with Crippen LogP contribution in [0, 0.1) is 0 Å². The van der Waals surface area contributed by atoms with Gasteiger partial charge in [0.1, 0.15) is 5.76 Å². The highest BCUT2D eigenvalue weighted by atomic mass is 16.5. The van der Waals surface area contributed by atoms with E-state index in [1.165, 1.54) is 7.11 Å². The topological polar surface area (TPSA) is 90.3 Å². The first-order chi connectivity index (χ1) is 12.7. The van der Waals surface area contributed by atoms with Crippen molar-refractivity contribution in [1.82, 2.24) is 5.01 Å². The van der Waals surface area contributed by atoms with E-state index in [2.05, 4.69) is 5.10 Å². The van der Waals surface area contributed by atoms with Crippen molar-refractivity contribution in [2.45, 2.75) is 0 Å². The number of hydrogen-bond donors (Lipinski definition) is 1. The normalized spacial score (nSPS) is 15.8. The number of carbonyl (C=O) groups is 1. The Labute approximate surface area is 151 Å². The quantitative estimate of drug-likeness (QED) is 0.382. The predicted octanol–water partition coefficient (Wildman–Crippen LogP) is 1.95. The van der Waals surface area contributed by atoms with Crippen molar-refractivity contribution in [2.24, 2.45) is 10.8 Å². The van der Waals surface area contributed by atoms with E-state index in [-0.39, 0.29) is 5.84 Å². The molecule has 0 saturated carbocycles. The lowest BCUT2D eigenvalue weighted by atomic mass is 10.1. The fourth-order valence-electron chi connectivity index (χ4n) is 2.55. The van der Waals surface area contributed by atoms with E-state index < -0.39 is 5.97 Å². The first-order valence-electron chi connectivity index (χ1n) is 8.30. The van der Waals surface area contributed by atoms with Crippen molar-refractivity contribution in [3.63, 3.8) is 0 Å². The Morgan fingerprint density at radius 2 is 1.92 bits per heavy atom. The summed E-state index contributed by atoms with van der Waals surface area (Å²) in [6, 6.07) is 12.7. The molecule has 0 radical (unpaired) electrons. The Morgan fingerprint density at radius 1 is 1.19 bits per heavy atom. The Balaban J connectivity index is 1.84. The third-order valence-corrected chi connectivity index (χ3v) is 3.89. The number of ether oxygens (including phenoxy) is 2. The first kappa shape index (κ1) is 17.8. The monoisotopic (exact) mass is 355 g/mol. The zero-order valence-electron chi connectivity index (χ0n) is 14.6. The van der Waals surface area contributed by atoms with Gasteiger partial charge in [0.25, 0.3) is 0 Å². The van der Waals surface area contributed by atoms with E-state index in [4.69, 9.17) is 19.6 Å². The van der Waals surface area contributed by atoms with Gasteiger partial charge in [0.2, 0.25) is 0 Å². The van der Waals surface area contributed by atoms with Crippen LogP contribution in [0.3, 0.4) is 0 Å². The lowest BCUT2D eigenvalue weighted by Crippen LogP contribution is -2.34. The molecule has 0 atom stereocenters. The summed E-state index contributed by atoms with van der Waals surface area (Å²) >= 11 is 0. The maximum atomic E-state index is 12.1. The average molecular weight is 355 g/mol. The highest BCUT2D eigenvalue weighted by Crippen LogP contribution is 2.21. The van der Waals surface area contributed by atoms with Crippen LogP contribution >= 0.6 is 0 Å². The molecule has 136 valence electrons. The van der Waals surface area contributed by atoms with Crippen LogP contribution in [-0.2, 0) is 14.3 Å². The van der Waals surface area contributed by atoms with Crippen LogP contribution in [0.5, 0.6) is 0 Å². The van der Waals surface area contributed by atoms with Gasteiger partial charge in [-0.05, 0) is 23.8 Å². The standard InChI is InChI=1S/C19H21N3O4/c1-24-19(23)16(14-5-3-2-4-6-14)13-15-7-8-17(26-15)18(20)21-22-9-11-25-12-10-22/h2-8,13H,9-12H2,1H3,(H2,20,21)/b16-13+. The number of carbonyl (C=O) groups excluding carboxylic acids is 1. The van der Waals surface area contributed by atoms with Crippen LogP contribution in [0.25, 0.3) is 11.6 Å². The minimum atomic E-state index is -0.441. The number of morpholine rings is 1. The van der Waals surface area contributed by atoms with Crippen LogP contribution in [-0.4, -0.2) is 50.2 Å². The number of hydrazone groups is 1. The summed E-state index contributed by atoms with van der Waals surface area (Å²) in [6.45, 7) is 2.63. The summed E-state index contributed by atoms with van der Waals surface area (Å²) in [5, 5.41) is 6.20. The van der Waals surface area contributed by atoms with Crippen LogP contribution in [0.2, 0.25) is 0 Å². The van der Waals surface area contributed by atoms with Crippen LogP contribution < -0.4 is 5.73 Å². The van der Waals surface area contributed by atoms with Gasteiger partial charge in [-0.3, -0.25) is 5.01 Å². The third kappa shape index (κ3) is 4.31. The van der Waals surface area contributed by atoms with Gasteiger partial charge in [-0.25, -0.2) is 4.79 Å². The number of amidine groups is 1. The van der Waals surface area contributed by atoms with Gasteiger partial charge in [0, 0.05) is 0 Å². The number of furan rings is 1. The molecule has 2 aromatic rings. The number of nitrogens with zero attached hydrogens (tertiary/aromatic N) is 2. The van der Waals surface area contributed by atoms with E-state index >= 15 is 0 Å². The molecule has 0 spiro atoms. The molecule has 1 aliphatic heterocycles.